The maximum atomic E-state index is 12.0. The van der Waals surface area contributed by atoms with Gasteiger partial charge in [-0.05, 0) is 37.4 Å². The Labute approximate surface area is 110 Å². The zero-order valence-corrected chi connectivity index (χ0v) is 11.1. The molecule has 0 aromatic carbocycles. The van der Waals surface area contributed by atoms with Crippen LogP contribution in [-0.2, 0) is 0 Å². The van der Waals surface area contributed by atoms with Crippen molar-refractivity contribution in [3.05, 3.63) is 21.3 Å². The molecule has 2 aliphatic rings. The lowest BCUT2D eigenvalue weighted by Crippen LogP contribution is -2.46. The average Bonchev–Trinajstić information content (AvgIpc) is 2.85. The summed E-state index contributed by atoms with van der Waals surface area (Å²) in [6.07, 6.45) is 2.42. The smallest absolute Gasteiger partial charge is 0.261 e. The number of amides is 1. The molecule has 0 aliphatic carbocycles. The fourth-order valence-corrected chi connectivity index (χ4v) is 3.80. The van der Waals surface area contributed by atoms with Crippen LogP contribution in [0.25, 0.3) is 0 Å². The Morgan fingerprint density at radius 1 is 1.47 bits per heavy atom. The van der Waals surface area contributed by atoms with Crippen molar-refractivity contribution in [3.8, 4) is 0 Å². The molecule has 2 saturated heterocycles. The highest BCUT2D eigenvalue weighted by molar-refractivity contribution is 7.17. The molecule has 1 aromatic heterocycles. The van der Waals surface area contributed by atoms with Gasteiger partial charge in [0.2, 0.25) is 0 Å². The molecule has 1 N–H and O–H groups in total. The maximum absolute atomic E-state index is 12.0. The number of hydrogen-bond acceptors (Lipinski definition) is 3. The van der Waals surface area contributed by atoms with E-state index in [1.807, 2.05) is 0 Å². The van der Waals surface area contributed by atoms with E-state index >= 15 is 0 Å². The molecule has 3 atom stereocenters. The Hall–Kier alpha value is -0.580. The zero-order chi connectivity index (χ0) is 11.8. The number of fused-ring (bicyclic) bond motifs is 2. The van der Waals surface area contributed by atoms with Crippen molar-refractivity contribution in [2.24, 2.45) is 5.92 Å². The van der Waals surface area contributed by atoms with Crippen LogP contribution in [0.5, 0.6) is 0 Å². The molecule has 92 valence electrons. The molecule has 1 unspecified atom stereocenters. The first-order valence-electron chi connectivity index (χ1n) is 5.99. The molecule has 17 heavy (non-hydrogen) atoms. The summed E-state index contributed by atoms with van der Waals surface area (Å²) in [6.45, 7) is 3.42. The van der Waals surface area contributed by atoms with Gasteiger partial charge in [-0.3, -0.25) is 4.79 Å². The Balaban J connectivity index is 1.62. The molecule has 5 heteroatoms. The molecular weight excluding hydrogens is 256 g/mol. The molecule has 2 bridgehead atoms. The first-order chi connectivity index (χ1) is 8.20. The Bertz CT molecular complexity index is 422. The van der Waals surface area contributed by atoms with Crippen molar-refractivity contribution < 1.29 is 4.79 Å². The van der Waals surface area contributed by atoms with Gasteiger partial charge in [0.25, 0.3) is 5.91 Å². The largest absolute Gasteiger partial charge is 0.347 e. The molecule has 3 heterocycles. The number of nitrogens with zero attached hydrogens (tertiary/aromatic N) is 1. The van der Waals surface area contributed by atoms with Crippen LogP contribution >= 0.6 is 22.9 Å². The summed E-state index contributed by atoms with van der Waals surface area (Å²) >= 11 is 7.18. The van der Waals surface area contributed by atoms with Gasteiger partial charge < -0.3 is 10.2 Å². The fourth-order valence-electron chi connectivity index (χ4n) is 2.86. The van der Waals surface area contributed by atoms with Crippen LogP contribution in [0, 0.1) is 5.92 Å². The van der Waals surface area contributed by atoms with Gasteiger partial charge in [0.15, 0.2) is 0 Å². The molecule has 1 amide bonds. The van der Waals surface area contributed by atoms with E-state index in [2.05, 4.69) is 10.2 Å². The van der Waals surface area contributed by atoms with Crippen molar-refractivity contribution in [2.75, 3.05) is 19.6 Å². The highest BCUT2D eigenvalue weighted by Gasteiger charge is 2.33. The first-order valence-corrected chi connectivity index (χ1v) is 7.19. The van der Waals surface area contributed by atoms with Gasteiger partial charge in [0.1, 0.15) is 0 Å². The fraction of sp³-hybridized carbons (Fsp3) is 0.583. The van der Waals surface area contributed by atoms with Crippen molar-refractivity contribution >= 4 is 28.8 Å². The summed E-state index contributed by atoms with van der Waals surface area (Å²) in [5.74, 6) is 0.801. The number of hydrogen-bond donors (Lipinski definition) is 1. The van der Waals surface area contributed by atoms with Crippen LogP contribution in [0.1, 0.15) is 22.5 Å². The number of thiophene rings is 1. The molecule has 2 fully saturated rings. The number of carbonyl (C=O) groups is 1. The summed E-state index contributed by atoms with van der Waals surface area (Å²) in [7, 11) is 0. The number of halogens is 1. The van der Waals surface area contributed by atoms with Crippen LogP contribution in [0.2, 0.25) is 4.34 Å². The second-order valence-corrected chi connectivity index (χ2v) is 6.64. The summed E-state index contributed by atoms with van der Waals surface area (Å²) < 4.78 is 0.669. The second-order valence-electron chi connectivity index (χ2n) is 4.92. The minimum absolute atomic E-state index is 0.0226. The van der Waals surface area contributed by atoms with Gasteiger partial charge in [0.05, 0.1) is 9.21 Å². The lowest BCUT2D eigenvalue weighted by molar-refractivity contribution is 0.0913. The standard InChI is InChI=1S/C12H15ClN2OS/c13-11-2-1-10(17-11)12(16)14-9-5-8-3-4-15(6-8)7-9/h1-2,8-9H,3-7H2,(H,14,16)/t8-,9-/m1/s1. The third-order valence-corrected chi connectivity index (χ3v) is 4.83. The summed E-state index contributed by atoms with van der Waals surface area (Å²) in [5.41, 5.74) is 0. The van der Waals surface area contributed by atoms with E-state index in [-0.39, 0.29) is 5.91 Å². The van der Waals surface area contributed by atoms with Crippen LogP contribution < -0.4 is 5.32 Å². The van der Waals surface area contributed by atoms with Crippen molar-refractivity contribution in [1.29, 1.82) is 0 Å². The van der Waals surface area contributed by atoms with Crippen molar-refractivity contribution in [2.45, 2.75) is 18.9 Å². The van der Waals surface area contributed by atoms with Gasteiger partial charge in [0, 0.05) is 19.1 Å². The van der Waals surface area contributed by atoms with Gasteiger partial charge >= 0.3 is 0 Å². The quantitative estimate of drug-likeness (QED) is 0.894. The lowest BCUT2D eigenvalue weighted by atomic mass is 9.97. The highest BCUT2D eigenvalue weighted by atomic mass is 35.5. The zero-order valence-electron chi connectivity index (χ0n) is 9.49. The monoisotopic (exact) mass is 270 g/mol. The predicted octanol–water partition coefficient (Wildman–Crippen LogP) is 2.23. The lowest BCUT2D eigenvalue weighted by Gasteiger charge is -2.30. The van der Waals surface area contributed by atoms with Crippen LogP contribution in [0.3, 0.4) is 0 Å². The van der Waals surface area contributed by atoms with Crippen LogP contribution in [0.4, 0.5) is 0 Å². The maximum Gasteiger partial charge on any atom is 0.261 e. The molecule has 2 aliphatic heterocycles. The van der Waals surface area contributed by atoms with Crippen LogP contribution in [0.15, 0.2) is 12.1 Å². The minimum atomic E-state index is 0.0226. The topological polar surface area (TPSA) is 32.3 Å². The number of nitrogens with one attached hydrogen (secondary N) is 1. The third kappa shape index (κ3) is 2.49. The van der Waals surface area contributed by atoms with Crippen LogP contribution in [-0.4, -0.2) is 36.5 Å². The summed E-state index contributed by atoms with van der Waals surface area (Å²) in [5, 5.41) is 3.12. The van der Waals surface area contributed by atoms with E-state index in [0.717, 1.165) is 18.9 Å². The van der Waals surface area contributed by atoms with E-state index in [9.17, 15) is 4.79 Å². The summed E-state index contributed by atoms with van der Waals surface area (Å²) in [4.78, 5) is 15.1. The summed E-state index contributed by atoms with van der Waals surface area (Å²) in [6, 6.07) is 3.87. The molecular formula is C12H15ClN2OS. The normalized spacial score (nSPS) is 31.5. The Morgan fingerprint density at radius 2 is 2.35 bits per heavy atom. The number of piperidine rings is 1. The third-order valence-electron chi connectivity index (χ3n) is 3.60. The molecule has 0 radical (unpaired) electrons. The van der Waals surface area contributed by atoms with E-state index in [1.54, 1.807) is 12.1 Å². The van der Waals surface area contributed by atoms with Crippen molar-refractivity contribution in [1.82, 2.24) is 10.2 Å². The Morgan fingerprint density at radius 3 is 3.06 bits per heavy atom. The molecule has 0 spiro atoms. The molecule has 1 aromatic rings. The minimum Gasteiger partial charge on any atom is -0.347 e. The molecule has 3 rings (SSSR count). The van der Waals surface area contributed by atoms with Gasteiger partial charge in [-0.15, -0.1) is 11.3 Å². The van der Waals surface area contributed by atoms with E-state index in [1.165, 1.54) is 30.8 Å². The van der Waals surface area contributed by atoms with Gasteiger partial charge in [-0.1, -0.05) is 11.6 Å². The molecule has 3 nitrogen and oxygen atoms in total. The van der Waals surface area contributed by atoms with Crippen molar-refractivity contribution in [3.63, 3.8) is 0 Å². The first kappa shape index (κ1) is 11.5. The van der Waals surface area contributed by atoms with E-state index < -0.39 is 0 Å². The number of carbonyl (C=O) groups excluding carboxylic acids is 1. The van der Waals surface area contributed by atoms with E-state index in [0.29, 0.717) is 15.3 Å². The Kier molecular flexibility index (Phi) is 3.11. The second kappa shape index (κ2) is 4.59. The highest BCUT2D eigenvalue weighted by Crippen LogP contribution is 2.27. The number of rotatable bonds is 2. The predicted molar refractivity (Wildman–Crippen MR) is 69.7 cm³/mol. The average molecular weight is 271 g/mol. The molecule has 0 saturated carbocycles. The van der Waals surface area contributed by atoms with Gasteiger partial charge in [-0.25, -0.2) is 0 Å². The SMILES string of the molecule is O=C(N[C@@H]1C[C@H]2CCN(C2)C1)c1ccc(Cl)s1. The van der Waals surface area contributed by atoms with E-state index in [4.69, 9.17) is 11.6 Å². The van der Waals surface area contributed by atoms with Gasteiger partial charge in [-0.2, -0.15) is 0 Å².